The molecule has 0 saturated heterocycles. The highest BCUT2D eigenvalue weighted by Crippen LogP contribution is 2.27. The van der Waals surface area contributed by atoms with Gasteiger partial charge in [0.25, 0.3) is 5.91 Å². The molecule has 0 heterocycles. The number of aryl methyl sites for hydroxylation is 2. The second-order valence-corrected chi connectivity index (χ2v) is 6.90. The van der Waals surface area contributed by atoms with E-state index in [2.05, 4.69) is 11.4 Å². The van der Waals surface area contributed by atoms with Crippen LogP contribution in [0.1, 0.15) is 16.7 Å². The van der Waals surface area contributed by atoms with Gasteiger partial charge < -0.3 is 10.1 Å². The first kappa shape index (κ1) is 19.5. The lowest BCUT2D eigenvalue weighted by molar-refractivity contribution is -0.118. The van der Waals surface area contributed by atoms with Gasteiger partial charge in [-0.1, -0.05) is 41.9 Å². The van der Waals surface area contributed by atoms with Crippen LogP contribution in [0.2, 0.25) is 5.02 Å². The molecule has 0 aliphatic carbocycles. The van der Waals surface area contributed by atoms with E-state index in [4.69, 9.17) is 21.6 Å². The number of benzene rings is 3. The van der Waals surface area contributed by atoms with Crippen LogP contribution in [0.3, 0.4) is 0 Å². The summed E-state index contributed by atoms with van der Waals surface area (Å²) < 4.78 is 5.57. The molecule has 3 aromatic carbocycles. The van der Waals surface area contributed by atoms with Crippen molar-refractivity contribution in [3.05, 3.63) is 82.4 Å². The molecule has 0 fully saturated rings. The van der Waals surface area contributed by atoms with Gasteiger partial charge in [0.1, 0.15) is 5.75 Å². The van der Waals surface area contributed by atoms with E-state index >= 15 is 0 Å². The van der Waals surface area contributed by atoms with E-state index in [1.165, 1.54) is 0 Å². The number of rotatable bonds is 5. The molecule has 0 saturated carbocycles. The molecule has 0 aliphatic heterocycles. The van der Waals surface area contributed by atoms with Crippen molar-refractivity contribution in [2.45, 2.75) is 13.8 Å². The number of anilines is 1. The summed E-state index contributed by atoms with van der Waals surface area (Å²) in [6.07, 6.45) is 0. The van der Waals surface area contributed by atoms with Crippen molar-refractivity contribution in [1.29, 1.82) is 5.26 Å². The molecule has 28 heavy (non-hydrogen) atoms. The number of nitrogens with zero attached hydrogens (tertiary/aromatic N) is 1. The van der Waals surface area contributed by atoms with E-state index in [1.807, 2.05) is 62.4 Å². The third kappa shape index (κ3) is 4.70. The van der Waals surface area contributed by atoms with E-state index in [9.17, 15) is 4.79 Å². The van der Waals surface area contributed by atoms with E-state index in [0.717, 1.165) is 22.3 Å². The minimum absolute atomic E-state index is 0.111. The SMILES string of the molecule is Cc1cc(C)c(NC(=O)COc2ccc(-c3ccc(C#N)cc3)cc2)c(Cl)c1. The molecule has 140 valence electrons. The molecule has 0 atom stereocenters. The Balaban J connectivity index is 1.60. The highest BCUT2D eigenvalue weighted by molar-refractivity contribution is 6.34. The van der Waals surface area contributed by atoms with Crippen LogP contribution in [-0.4, -0.2) is 12.5 Å². The van der Waals surface area contributed by atoms with Crippen LogP contribution in [0.25, 0.3) is 11.1 Å². The van der Waals surface area contributed by atoms with Gasteiger partial charge in [-0.3, -0.25) is 4.79 Å². The molecular formula is C23H19ClN2O2. The lowest BCUT2D eigenvalue weighted by atomic mass is 10.0. The zero-order valence-electron chi connectivity index (χ0n) is 15.6. The van der Waals surface area contributed by atoms with Gasteiger partial charge in [-0.05, 0) is 66.4 Å². The van der Waals surface area contributed by atoms with E-state index in [1.54, 1.807) is 12.1 Å². The highest BCUT2D eigenvalue weighted by Gasteiger charge is 2.10. The molecule has 1 N–H and O–H groups in total. The maximum Gasteiger partial charge on any atom is 0.262 e. The highest BCUT2D eigenvalue weighted by atomic mass is 35.5. The van der Waals surface area contributed by atoms with Crippen LogP contribution in [0.15, 0.2) is 60.7 Å². The maximum absolute atomic E-state index is 12.2. The Morgan fingerprint density at radius 1 is 1.04 bits per heavy atom. The van der Waals surface area contributed by atoms with Crippen molar-refractivity contribution in [2.75, 3.05) is 11.9 Å². The average Bonchev–Trinajstić information content (AvgIpc) is 2.69. The number of halogens is 1. The molecule has 0 aliphatic rings. The quantitative estimate of drug-likeness (QED) is 0.624. The van der Waals surface area contributed by atoms with Gasteiger partial charge in [0.15, 0.2) is 6.61 Å². The largest absolute Gasteiger partial charge is 0.484 e. The predicted molar refractivity (Wildman–Crippen MR) is 112 cm³/mol. The Labute approximate surface area is 169 Å². The molecule has 0 spiro atoms. The van der Waals surface area contributed by atoms with E-state index < -0.39 is 0 Å². The summed E-state index contributed by atoms with van der Waals surface area (Å²) >= 11 is 6.22. The third-order valence-corrected chi connectivity index (χ3v) is 4.57. The van der Waals surface area contributed by atoms with Crippen molar-refractivity contribution in [2.24, 2.45) is 0 Å². The van der Waals surface area contributed by atoms with Crippen LogP contribution in [0, 0.1) is 25.2 Å². The van der Waals surface area contributed by atoms with Gasteiger partial charge in [-0.2, -0.15) is 5.26 Å². The number of hydrogen-bond donors (Lipinski definition) is 1. The Morgan fingerprint density at radius 2 is 1.64 bits per heavy atom. The fourth-order valence-electron chi connectivity index (χ4n) is 2.88. The number of hydrogen-bond acceptors (Lipinski definition) is 3. The van der Waals surface area contributed by atoms with Gasteiger partial charge in [-0.25, -0.2) is 0 Å². The van der Waals surface area contributed by atoms with E-state index in [0.29, 0.717) is 22.0 Å². The van der Waals surface area contributed by atoms with Crippen LogP contribution in [-0.2, 0) is 4.79 Å². The summed E-state index contributed by atoms with van der Waals surface area (Å²) in [7, 11) is 0. The fourth-order valence-corrected chi connectivity index (χ4v) is 3.25. The molecular weight excluding hydrogens is 372 g/mol. The summed E-state index contributed by atoms with van der Waals surface area (Å²) in [5, 5.41) is 12.2. The van der Waals surface area contributed by atoms with Crippen molar-refractivity contribution in [1.82, 2.24) is 0 Å². The predicted octanol–water partition coefficient (Wildman–Crippen LogP) is 5.51. The molecule has 1 amide bonds. The fraction of sp³-hybridized carbons (Fsp3) is 0.130. The molecule has 5 heteroatoms. The molecule has 3 aromatic rings. The number of carbonyl (C=O) groups is 1. The van der Waals surface area contributed by atoms with Crippen molar-refractivity contribution in [3.63, 3.8) is 0 Å². The first-order chi connectivity index (χ1) is 13.5. The molecule has 4 nitrogen and oxygen atoms in total. The monoisotopic (exact) mass is 390 g/mol. The second-order valence-electron chi connectivity index (χ2n) is 6.49. The van der Waals surface area contributed by atoms with Gasteiger partial charge in [0, 0.05) is 0 Å². The second kappa shape index (κ2) is 8.60. The summed E-state index contributed by atoms with van der Waals surface area (Å²) in [5.41, 5.74) is 5.19. The number of ether oxygens (including phenoxy) is 1. The minimum atomic E-state index is -0.273. The van der Waals surface area contributed by atoms with Crippen molar-refractivity contribution < 1.29 is 9.53 Å². The average molecular weight is 391 g/mol. The zero-order chi connectivity index (χ0) is 20.1. The summed E-state index contributed by atoms with van der Waals surface area (Å²) in [4.78, 5) is 12.2. The number of carbonyl (C=O) groups excluding carboxylic acids is 1. The van der Waals surface area contributed by atoms with E-state index in [-0.39, 0.29) is 12.5 Å². The van der Waals surface area contributed by atoms with Crippen LogP contribution >= 0.6 is 11.6 Å². The number of nitrogens with one attached hydrogen (secondary N) is 1. The van der Waals surface area contributed by atoms with Gasteiger partial charge in [0.2, 0.25) is 0 Å². The Kier molecular flexibility index (Phi) is 5.98. The first-order valence-corrected chi connectivity index (χ1v) is 9.14. The van der Waals surface area contributed by atoms with Gasteiger partial charge in [0.05, 0.1) is 22.3 Å². The van der Waals surface area contributed by atoms with Crippen molar-refractivity contribution >= 4 is 23.2 Å². The van der Waals surface area contributed by atoms with Gasteiger partial charge in [-0.15, -0.1) is 0 Å². The first-order valence-electron chi connectivity index (χ1n) is 8.76. The van der Waals surface area contributed by atoms with Crippen molar-refractivity contribution in [3.8, 4) is 22.9 Å². The minimum Gasteiger partial charge on any atom is -0.484 e. The maximum atomic E-state index is 12.2. The van der Waals surface area contributed by atoms with Crippen LogP contribution < -0.4 is 10.1 Å². The Bertz CT molecular complexity index is 1010. The Hall–Kier alpha value is -3.29. The number of amides is 1. The molecule has 0 bridgehead atoms. The summed E-state index contributed by atoms with van der Waals surface area (Å²) in [5.74, 6) is 0.323. The molecule has 0 radical (unpaired) electrons. The summed E-state index contributed by atoms with van der Waals surface area (Å²) in [6, 6.07) is 20.7. The molecule has 0 unspecified atom stereocenters. The third-order valence-electron chi connectivity index (χ3n) is 4.27. The normalized spacial score (nSPS) is 10.2. The zero-order valence-corrected chi connectivity index (χ0v) is 16.4. The Morgan fingerprint density at radius 3 is 2.21 bits per heavy atom. The lowest BCUT2D eigenvalue weighted by Gasteiger charge is -2.12. The smallest absolute Gasteiger partial charge is 0.262 e. The summed E-state index contributed by atoms with van der Waals surface area (Å²) in [6.45, 7) is 3.74. The molecule has 3 rings (SSSR count). The lowest BCUT2D eigenvalue weighted by Crippen LogP contribution is -2.21. The topological polar surface area (TPSA) is 62.1 Å². The van der Waals surface area contributed by atoms with Gasteiger partial charge >= 0.3 is 0 Å². The molecule has 0 aromatic heterocycles. The standard InChI is InChI=1S/C23H19ClN2O2/c1-15-11-16(2)23(21(24)12-15)26-22(27)14-28-20-9-7-19(8-10-20)18-5-3-17(13-25)4-6-18/h3-12H,14H2,1-2H3,(H,26,27). The van der Waals surface area contributed by atoms with Crippen LogP contribution in [0.4, 0.5) is 5.69 Å². The van der Waals surface area contributed by atoms with Crippen LogP contribution in [0.5, 0.6) is 5.75 Å². The number of nitriles is 1.